The van der Waals surface area contributed by atoms with Crippen LogP contribution in [0.3, 0.4) is 0 Å². The van der Waals surface area contributed by atoms with Gasteiger partial charge in [-0.25, -0.2) is 4.98 Å². The van der Waals surface area contributed by atoms with Crippen molar-refractivity contribution in [3.63, 3.8) is 0 Å². The van der Waals surface area contributed by atoms with Gasteiger partial charge in [-0.05, 0) is 6.07 Å². The number of pyridine rings is 1. The number of nitrogens with zero attached hydrogens (tertiary/aromatic N) is 2. The van der Waals surface area contributed by atoms with Gasteiger partial charge in [-0.2, -0.15) is 0 Å². The Balaban J connectivity index is 2.21. The molecule has 2 aromatic heterocycles. The molecule has 1 aliphatic rings. The van der Waals surface area contributed by atoms with E-state index in [4.69, 9.17) is 39.5 Å². The Bertz CT molecular complexity index is 646. The molecule has 5 nitrogen and oxygen atoms in total. The van der Waals surface area contributed by atoms with Gasteiger partial charge in [0.2, 0.25) is 0 Å². The smallest absolute Gasteiger partial charge is 0.159 e. The van der Waals surface area contributed by atoms with Crippen LogP contribution < -0.4 is 0 Å². The van der Waals surface area contributed by atoms with Crippen molar-refractivity contribution in [1.82, 2.24) is 9.38 Å². The van der Waals surface area contributed by atoms with Crippen molar-refractivity contribution in [2.24, 2.45) is 0 Å². The molecule has 2 aromatic rings. The van der Waals surface area contributed by atoms with Crippen molar-refractivity contribution >= 4 is 40.4 Å². The summed E-state index contributed by atoms with van der Waals surface area (Å²) in [5.41, 5.74) is 0.916. The number of ether oxygens (including phenoxy) is 1. The van der Waals surface area contributed by atoms with E-state index in [2.05, 4.69) is 4.98 Å². The van der Waals surface area contributed by atoms with Gasteiger partial charge >= 0.3 is 0 Å². The predicted molar refractivity (Wildman–Crippen MR) is 70.9 cm³/mol. The van der Waals surface area contributed by atoms with Crippen LogP contribution >= 0.6 is 34.8 Å². The molecule has 3 rings (SSSR count). The zero-order valence-corrected chi connectivity index (χ0v) is 11.7. The number of hydrogen-bond acceptors (Lipinski definition) is 4. The first-order chi connectivity index (χ1) is 8.99. The van der Waals surface area contributed by atoms with Crippen LogP contribution in [0.4, 0.5) is 0 Å². The van der Waals surface area contributed by atoms with Gasteiger partial charge in [0.1, 0.15) is 28.5 Å². The Morgan fingerprint density at radius 1 is 1.32 bits per heavy atom. The summed E-state index contributed by atoms with van der Waals surface area (Å²) in [6.07, 6.45) is -1.14. The second-order valence-corrected chi connectivity index (χ2v) is 5.47. The minimum atomic E-state index is -1.04. The van der Waals surface area contributed by atoms with Crippen molar-refractivity contribution in [2.45, 2.75) is 18.3 Å². The first kappa shape index (κ1) is 13.4. The van der Waals surface area contributed by atoms with Crippen LogP contribution in [0.15, 0.2) is 12.3 Å². The van der Waals surface area contributed by atoms with E-state index >= 15 is 0 Å². The fourth-order valence-corrected chi connectivity index (χ4v) is 2.72. The second-order valence-electron chi connectivity index (χ2n) is 4.30. The third kappa shape index (κ3) is 2.11. The molecule has 1 fully saturated rings. The molecule has 102 valence electrons. The molecular formula is C11H9Cl3N2O3. The normalized spacial score (nSPS) is 27.3. The molecule has 19 heavy (non-hydrogen) atoms. The summed E-state index contributed by atoms with van der Waals surface area (Å²) in [6, 6.07) is 1.57. The molecule has 0 bridgehead atoms. The number of aromatic nitrogens is 2. The van der Waals surface area contributed by atoms with E-state index in [-0.39, 0.29) is 21.8 Å². The Labute approximate surface area is 123 Å². The van der Waals surface area contributed by atoms with Crippen molar-refractivity contribution in [3.05, 3.63) is 33.2 Å². The molecule has 8 heteroatoms. The monoisotopic (exact) mass is 322 g/mol. The van der Waals surface area contributed by atoms with Crippen LogP contribution in [-0.2, 0) is 4.74 Å². The number of fused-ring (bicyclic) bond motifs is 1. The highest BCUT2D eigenvalue weighted by molar-refractivity contribution is 6.44. The summed E-state index contributed by atoms with van der Waals surface area (Å²) >= 11 is 18.0. The van der Waals surface area contributed by atoms with Gasteiger partial charge in [0.25, 0.3) is 0 Å². The first-order valence-corrected chi connectivity index (χ1v) is 6.62. The number of aliphatic hydroxyl groups is 2. The lowest BCUT2D eigenvalue weighted by Gasteiger charge is -2.17. The third-order valence-electron chi connectivity index (χ3n) is 3.08. The highest BCUT2D eigenvalue weighted by Crippen LogP contribution is 2.36. The number of aliphatic hydroxyl groups excluding tert-OH is 2. The standard InChI is InChI=1S/C11H9Cl3N2O3/c12-4-1-5(10-9(18)6(17)3-19-10)16-2-7(13)15-11(16)8(4)14/h1-2,6,9-10,17-18H,3H2/t6-,9-,10?/m1/s1. The summed E-state index contributed by atoms with van der Waals surface area (Å²) in [5.74, 6) is 0. The fourth-order valence-electron chi connectivity index (χ4n) is 2.15. The number of imidazole rings is 1. The van der Waals surface area contributed by atoms with Crippen LogP contribution in [0.2, 0.25) is 15.2 Å². The molecule has 0 aliphatic carbocycles. The first-order valence-electron chi connectivity index (χ1n) is 5.49. The van der Waals surface area contributed by atoms with Gasteiger partial charge in [0, 0.05) is 6.20 Å². The van der Waals surface area contributed by atoms with E-state index in [1.54, 1.807) is 16.7 Å². The van der Waals surface area contributed by atoms with E-state index < -0.39 is 18.3 Å². The van der Waals surface area contributed by atoms with Gasteiger partial charge in [0.05, 0.1) is 17.3 Å². The Morgan fingerprint density at radius 3 is 2.68 bits per heavy atom. The lowest BCUT2D eigenvalue weighted by molar-refractivity contribution is 0.0200. The molecule has 3 heterocycles. The largest absolute Gasteiger partial charge is 0.388 e. The lowest BCUT2D eigenvalue weighted by atomic mass is 10.1. The maximum atomic E-state index is 9.92. The zero-order valence-electron chi connectivity index (χ0n) is 9.42. The molecular weight excluding hydrogens is 314 g/mol. The number of rotatable bonds is 1. The van der Waals surface area contributed by atoms with Crippen molar-refractivity contribution in [3.8, 4) is 0 Å². The van der Waals surface area contributed by atoms with Crippen LogP contribution in [0, 0.1) is 0 Å². The fraction of sp³-hybridized carbons (Fsp3) is 0.364. The molecule has 0 aromatic carbocycles. The average Bonchev–Trinajstić information content (AvgIpc) is 2.90. The Hall–Kier alpha value is -0.560. The lowest BCUT2D eigenvalue weighted by Crippen LogP contribution is -2.26. The minimum absolute atomic E-state index is 0.0516. The quantitative estimate of drug-likeness (QED) is 0.843. The zero-order chi connectivity index (χ0) is 13.7. The van der Waals surface area contributed by atoms with Crippen LogP contribution in [0.25, 0.3) is 5.65 Å². The summed E-state index contributed by atoms with van der Waals surface area (Å²) in [4.78, 5) is 4.06. The maximum absolute atomic E-state index is 9.92. The van der Waals surface area contributed by atoms with Crippen LogP contribution in [-0.4, -0.2) is 38.4 Å². The molecule has 2 N–H and O–H groups in total. The van der Waals surface area contributed by atoms with Gasteiger partial charge in [-0.3, -0.25) is 4.40 Å². The predicted octanol–water partition coefficient (Wildman–Crippen LogP) is 2.09. The van der Waals surface area contributed by atoms with Crippen molar-refractivity contribution < 1.29 is 14.9 Å². The van der Waals surface area contributed by atoms with Crippen LogP contribution in [0.5, 0.6) is 0 Å². The molecule has 0 spiro atoms. The van der Waals surface area contributed by atoms with E-state index in [9.17, 15) is 10.2 Å². The Kier molecular flexibility index (Phi) is 3.37. The highest BCUT2D eigenvalue weighted by Gasteiger charge is 2.37. The SMILES string of the molecule is O[C@@H]1COC(c2cc(Cl)c(Cl)c3nc(Cl)cn23)[C@@H]1O. The minimum Gasteiger partial charge on any atom is -0.388 e. The van der Waals surface area contributed by atoms with Gasteiger partial charge in [-0.15, -0.1) is 0 Å². The van der Waals surface area contributed by atoms with E-state index in [0.717, 1.165) is 0 Å². The van der Waals surface area contributed by atoms with Crippen molar-refractivity contribution in [1.29, 1.82) is 0 Å². The summed E-state index contributed by atoms with van der Waals surface area (Å²) in [7, 11) is 0. The second kappa shape index (κ2) is 4.77. The molecule has 0 saturated carbocycles. The van der Waals surface area contributed by atoms with Crippen molar-refractivity contribution in [2.75, 3.05) is 6.61 Å². The topological polar surface area (TPSA) is 67.0 Å². The highest BCUT2D eigenvalue weighted by atomic mass is 35.5. The van der Waals surface area contributed by atoms with E-state index in [1.165, 1.54) is 0 Å². The molecule has 1 aliphatic heterocycles. The Morgan fingerprint density at radius 2 is 2.05 bits per heavy atom. The molecule has 1 unspecified atom stereocenters. The molecule has 0 radical (unpaired) electrons. The summed E-state index contributed by atoms with van der Waals surface area (Å²) < 4.78 is 6.98. The number of hydrogen-bond donors (Lipinski definition) is 2. The molecule has 1 saturated heterocycles. The van der Waals surface area contributed by atoms with Crippen LogP contribution in [0.1, 0.15) is 11.8 Å². The maximum Gasteiger partial charge on any atom is 0.159 e. The number of halogens is 3. The van der Waals surface area contributed by atoms with E-state index in [0.29, 0.717) is 11.3 Å². The van der Waals surface area contributed by atoms with Gasteiger partial charge in [-0.1, -0.05) is 34.8 Å². The molecule has 0 amide bonds. The summed E-state index contributed by atoms with van der Waals surface area (Å²) in [5, 5.41) is 20.3. The van der Waals surface area contributed by atoms with Gasteiger partial charge < -0.3 is 14.9 Å². The van der Waals surface area contributed by atoms with E-state index in [1.807, 2.05) is 0 Å². The summed E-state index contributed by atoms with van der Waals surface area (Å²) in [6.45, 7) is 0.0516. The third-order valence-corrected chi connectivity index (χ3v) is 4.03. The van der Waals surface area contributed by atoms with Gasteiger partial charge in [0.15, 0.2) is 5.65 Å². The average molecular weight is 324 g/mol. The molecule has 3 atom stereocenters.